The van der Waals surface area contributed by atoms with Gasteiger partial charge in [0.05, 0.1) is 36.6 Å². The van der Waals surface area contributed by atoms with E-state index in [0.29, 0.717) is 43.6 Å². The summed E-state index contributed by atoms with van der Waals surface area (Å²) in [7, 11) is 3.11. The van der Waals surface area contributed by atoms with Crippen molar-refractivity contribution in [2.45, 2.75) is 33.7 Å². The van der Waals surface area contributed by atoms with Crippen molar-refractivity contribution in [3.63, 3.8) is 0 Å². The highest BCUT2D eigenvalue weighted by Crippen LogP contribution is 2.38. The number of allylic oxidation sites excluding steroid dienone is 1. The summed E-state index contributed by atoms with van der Waals surface area (Å²) in [5, 5.41) is 0. The van der Waals surface area contributed by atoms with Gasteiger partial charge in [-0.15, -0.1) is 0 Å². The number of benzene rings is 2. The second kappa shape index (κ2) is 11.1. The van der Waals surface area contributed by atoms with Gasteiger partial charge < -0.3 is 28.3 Å². The van der Waals surface area contributed by atoms with Crippen LogP contribution in [0, 0.1) is 13.8 Å². The normalized spacial score (nSPS) is 15.8. The summed E-state index contributed by atoms with van der Waals surface area (Å²) in [5.74, 6) is 1.93. The van der Waals surface area contributed by atoms with Gasteiger partial charge >= 0.3 is 5.97 Å². The molecular weight excluding hydrogens is 570 g/mol. The molecule has 0 aliphatic carbocycles. The summed E-state index contributed by atoms with van der Waals surface area (Å²) < 4.78 is 31.8. The summed E-state index contributed by atoms with van der Waals surface area (Å²) in [4.78, 5) is 32.7. The van der Waals surface area contributed by atoms with E-state index in [-0.39, 0.29) is 24.5 Å². The van der Waals surface area contributed by atoms with Crippen LogP contribution in [0.25, 0.3) is 11.8 Å². The van der Waals surface area contributed by atoms with Crippen molar-refractivity contribution in [3.05, 3.63) is 95.9 Å². The van der Waals surface area contributed by atoms with Gasteiger partial charge in [0.15, 0.2) is 16.3 Å². The molecular formula is C32H31N3O7S. The molecule has 222 valence electrons. The number of nitrogens with zero attached hydrogens (tertiary/aromatic N) is 3. The number of ether oxygens (including phenoxy) is 5. The van der Waals surface area contributed by atoms with Gasteiger partial charge in [-0.3, -0.25) is 9.36 Å². The van der Waals surface area contributed by atoms with Crippen molar-refractivity contribution < 1.29 is 28.5 Å². The number of thiazole rings is 1. The highest BCUT2D eigenvalue weighted by Gasteiger charge is 2.35. The lowest BCUT2D eigenvalue weighted by molar-refractivity contribution is -0.139. The maximum absolute atomic E-state index is 14.2. The Balaban J connectivity index is 1.53. The predicted octanol–water partition coefficient (Wildman–Crippen LogP) is 3.95. The van der Waals surface area contributed by atoms with Gasteiger partial charge in [0, 0.05) is 28.7 Å². The molecule has 2 aromatic carbocycles. The molecule has 43 heavy (non-hydrogen) atoms. The second-order valence-corrected chi connectivity index (χ2v) is 11.1. The number of aryl methyl sites for hydroxylation is 1. The number of fused-ring (bicyclic) bond motifs is 2. The molecule has 0 saturated heterocycles. The number of methoxy groups -OCH3 is 2. The SMILES string of the molecule is CCOC(=O)C1=C(C)N=c2s/c(=C/c3cc(C)n(-c4ccc5c(c4)OCO5)c3C)c(=O)n2[C@H]1c1cc(OC)ccc1OC. The molecule has 6 rings (SSSR count). The van der Waals surface area contributed by atoms with Crippen molar-refractivity contribution in [1.29, 1.82) is 0 Å². The zero-order valence-corrected chi connectivity index (χ0v) is 25.5. The molecule has 4 heterocycles. The number of carbonyl (C=O) groups is 1. The molecule has 0 saturated carbocycles. The quantitative estimate of drug-likeness (QED) is 0.296. The molecule has 2 aliphatic rings. The first-order valence-electron chi connectivity index (χ1n) is 13.8. The molecule has 2 aliphatic heterocycles. The number of rotatable bonds is 7. The molecule has 0 spiro atoms. The minimum atomic E-state index is -0.830. The van der Waals surface area contributed by atoms with Crippen LogP contribution in [-0.2, 0) is 9.53 Å². The van der Waals surface area contributed by atoms with Gasteiger partial charge in [-0.1, -0.05) is 11.3 Å². The van der Waals surface area contributed by atoms with E-state index in [0.717, 1.165) is 22.6 Å². The van der Waals surface area contributed by atoms with E-state index in [1.54, 1.807) is 50.8 Å². The number of carbonyl (C=O) groups excluding carboxylic acids is 1. The summed E-state index contributed by atoms with van der Waals surface area (Å²) in [6, 6.07) is 12.3. The van der Waals surface area contributed by atoms with Crippen LogP contribution in [0.2, 0.25) is 0 Å². The summed E-state index contributed by atoms with van der Waals surface area (Å²) in [5.41, 5.74) is 4.83. The van der Waals surface area contributed by atoms with E-state index in [1.807, 2.05) is 44.2 Å². The Morgan fingerprint density at radius 2 is 1.86 bits per heavy atom. The topological polar surface area (TPSA) is 103 Å². The Hall–Kier alpha value is -4.77. The third kappa shape index (κ3) is 4.79. The van der Waals surface area contributed by atoms with Crippen LogP contribution in [0.15, 0.2) is 63.5 Å². The summed E-state index contributed by atoms with van der Waals surface area (Å²) in [6.45, 7) is 7.90. The van der Waals surface area contributed by atoms with E-state index < -0.39 is 12.0 Å². The highest BCUT2D eigenvalue weighted by atomic mass is 32.1. The largest absolute Gasteiger partial charge is 0.497 e. The van der Waals surface area contributed by atoms with Crippen molar-refractivity contribution in [3.8, 4) is 28.7 Å². The van der Waals surface area contributed by atoms with Gasteiger partial charge in [-0.25, -0.2) is 9.79 Å². The molecule has 2 aromatic heterocycles. The predicted molar refractivity (Wildman–Crippen MR) is 161 cm³/mol. The monoisotopic (exact) mass is 601 g/mol. The standard InChI is InChI=1S/C32H31N3O7S/c1-7-40-31(37)28-18(3)33-32-35(29(28)23-15-22(38-5)9-11-24(23)39-6)30(36)27(43-32)13-20-12-17(2)34(19(20)4)21-8-10-25-26(14-21)42-16-41-25/h8-15,29H,7,16H2,1-6H3/b27-13+/t29-/m0/s1. The molecule has 0 radical (unpaired) electrons. The first-order chi connectivity index (χ1) is 20.7. The van der Waals surface area contributed by atoms with Crippen LogP contribution < -0.4 is 33.8 Å². The van der Waals surface area contributed by atoms with Crippen LogP contribution in [-0.4, -0.2) is 42.7 Å². The molecule has 1 atom stereocenters. The molecule has 0 fully saturated rings. The Kier molecular flexibility index (Phi) is 7.35. The van der Waals surface area contributed by atoms with Gasteiger partial charge in [0.25, 0.3) is 5.56 Å². The number of hydrogen-bond donors (Lipinski definition) is 0. The van der Waals surface area contributed by atoms with Gasteiger partial charge in [0.2, 0.25) is 6.79 Å². The zero-order valence-electron chi connectivity index (χ0n) is 24.7. The smallest absolute Gasteiger partial charge is 0.338 e. The number of esters is 1. The van der Waals surface area contributed by atoms with Crippen molar-refractivity contribution in [1.82, 2.24) is 9.13 Å². The lowest BCUT2D eigenvalue weighted by Gasteiger charge is -2.26. The average molecular weight is 602 g/mol. The Morgan fingerprint density at radius 3 is 2.60 bits per heavy atom. The first kappa shape index (κ1) is 28.4. The van der Waals surface area contributed by atoms with Crippen molar-refractivity contribution in [2.75, 3.05) is 27.6 Å². The van der Waals surface area contributed by atoms with Crippen LogP contribution in [0.1, 0.15) is 42.4 Å². The third-order valence-electron chi connectivity index (χ3n) is 7.62. The Bertz CT molecular complexity index is 1980. The maximum atomic E-state index is 14.2. The van der Waals surface area contributed by atoms with Crippen molar-refractivity contribution >= 4 is 23.4 Å². The summed E-state index contributed by atoms with van der Waals surface area (Å²) in [6.07, 6.45) is 1.87. The molecule has 11 heteroatoms. The lowest BCUT2D eigenvalue weighted by atomic mass is 9.94. The highest BCUT2D eigenvalue weighted by molar-refractivity contribution is 7.07. The van der Waals surface area contributed by atoms with Crippen LogP contribution >= 0.6 is 11.3 Å². The van der Waals surface area contributed by atoms with E-state index in [4.69, 9.17) is 28.7 Å². The minimum absolute atomic E-state index is 0.182. The number of hydrogen-bond acceptors (Lipinski definition) is 9. The van der Waals surface area contributed by atoms with Crippen LogP contribution in [0.3, 0.4) is 0 Å². The molecule has 4 aromatic rings. The van der Waals surface area contributed by atoms with E-state index in [2.05, 4.69) is 4.57 Å². The maximum Gasteiger partial charge on any atom is 0.338 e. The Morgan fingerprint density at radius 1 is 1.07 bits per heavy atom. The van der Waals surface area contributed by atoms with Crippen LogP contribution in [0.5, 0.6) is 23.0 Å². The zero-order chi connectivity index (χ0) is 30.4. The molecule has 0 unspecified atom stereocenters. The lowest BCUT2D eigenvalue weighted by Crippen LogP contribution is -2.40. The minimum Gasteiger partial charge on any atom is -0.497 e. The molecule has 0 amide bonds. The number of aromatic nitrogens is 2. The van der Waals surface area contributed by atoms with Gasteiger partial charge in [-0.05, 0) is 75.7 Å². The Labute approximate surface area is 251 Å². The van der Waals surface area contributed by atoms with Crippen LogP contribution in [0.4, 0.5) is 0 Å². The fraction of sp³-hybridized carbons (Fsp3) is 0.281. The van der Waals surface area contributed by atoms with Crippen molar-refractivity contribution in [2.24, 2.45) is 4.99 Å². The third-order valence-corrected chi connectivity index (χ3v) is 8.60. The average Bonchev–Trinajstić information content (AvgIpc) is 3.67. The molecule has 10 nitrogen and oxygen atoms in total. The van der Waals surface area contributed by atoms with E-state index in [9.17, 15) is 9.59 Å². The van der Waals surface area contributed by atoms with E-state index >= 15 is 0 Å². The second-order valence-electron chi connectivity index (χ2n) is 10.1. The first-order valence-corrected chi connectivity index (χ1v) is 14.6. The molecule has 0 N–H and O–H groups in total. The fourth-order valence-electron chi connectivity index (χ4n) is 5.64. The van der Waals surface area contributed by atoms with E-state index in [1.165, 1.54) is 11.3 Å². The molecule has 0 bridgehead atoms. The summed E-state index contributed by atoms with van der Waals surface area (Å²) >= 11 is 1.27. The van der Waals surface area contributed by atoms with Gasteiger partial charge in [0.1, 0.15) is 17.5 Å². The van der Waals surface area contributed by atoms with Gasteiger partial charge in [-0.2, -0.15) is 0 Å². The fourth-order valence-corrected chi connectivity index (χ4v) is 6.67.